The SMILES string of the molecule is COc1cc(/C=C2\SC(=Nc3ccc(N4CCCCC4)cc3)N(C)C2=O)ccc1OCc1ccc(C(=O)O)cc1. The second kappa shape index (κ2) is 12.3. The fraction of sp³-hybridized carbons (Fsp3) is 0.258. The number of carbonyl (C=O) groups is 2. The van der Waals surface area contributed by atoms with Crippen LogP contribution < -0.4 is 14.4 Å². The van der Waals surface area contributed by atoms with Crippen molar-refractivity contribution in [3.8, 4) is 11.5 Å². The molecule has 0 atom stereocenters. The lowest BCUT2D eigenvalue weighted by molar-refractivity contribution is -0.121. The van der Waals surface area contributed by atoms with Crippen molar-refractivity contribution >= 4 is 46.3 Å². The zero-order valence-electron chi connectivity index (χ0n) is 22.5. The number of ether oxygens (including phenoxy) is 2. The summed E-state index contributed by atoms with van der Waals surface area (Å²) >= 11 is 1.34. The first-order valence-electron chi connectivity index (χ1n) is 13.2. The summed E-state index contributed by atoms with van der Waals surface area (Å²) in [5.41, 5.74) is 3.88. The molecule has 40 heavy (non-hydrogen) atoms. The first-order chi connectivity index (χ1) is 19.4. The number of rotatable bonds is 8. The van der Waals surface area contributed by atoms with Crippen LogP contribution >= 0.6 is 11.8 Å². The predicted octanol–water partition coefficient (Wildman–Crippen LogP) is 6.20. The van der Waals surface area contributed by atoms with Gasteiger partial charge in [-0.1, -0.05) is 18.2 Å². The maximum atomic E-state index is 13.0. The highest BCUT2D eigenvalue weighted by atomic mass is 32.2. The minimum atomic E-state index is -0.968. The number of amides is 1. The van der Waals surface area contributed by atoms with Gasteiger partial charge in [-0.15, -0.1) is 0 Å². The molecule has 9 heteroatoms. The van der Waals surface area contributed by atoms with Gasteiger partial charge < -0.3 is 19.5 Å². The molecule has 2 aliphatic rings. The van der Waals surface area contributed by atoms with Crippen LogP contribution in [0.1, 0.15) is 40.7 Å². The number of thioether (sulfide) groups is 1. The Morgan fingerprint density at radius 3 is 2.40 bits per heavy atom. The molecule has 0 unspecified atom stereocenters. The fourth-order valence-electron chi connectivity index (χ4n) is 4.60. The van der Waals surface area contributed by atoms with Gasteiger partial charge in [-0.3, -0.25) is 9.69 Å². The van der Waals surface area contributed by atoms with Crippen LogP contribution in [-0.2, 0) is 11.4 Å². The number of hydrogen-bond donors (Lipinski definition) is 1. The summed E-state index contributed by atoms with van der Waals surface area (Å²) in [6, 6.07) is 20.2. The van der Waals surface area contributed by atoms with E-state index in [2.05, 4.69) is 17.0 Å². The highest BCUT2D eigenvalue weighted by Gasteiger charge is 2.30. The summed E-state index contributed by atoms with van der Waals surface area (Å²) in [4.78, 5) is 33.3. The zero-order chi connectivity index (χ0) is 28.1. The molecular weight excluding hydrogens is 526 g/mol. The molecule has 2 saturated heterocycles. The van der Waals surface area contributed by atoms with Gasteiger partial charge in [0, 0.05) is 25.8 Å². The zero-order valence-corrected chi connectivity index (χ0v) is 23.3. The summed E-state index contributed by atoms with van der Waals surface area (Å²) < 4.78 is 11.4. The minimum Gasteiger partial charge on any atom is -0.493 e. The van der Waals surface area contributed by atoms with Crippen molar-refractivity contribution in [2.45, 2.75) is 25.9 Å². The van der Waals surface area contributed by atoms with E-state index in [1.807, 2.05) is 30.3 Å². The molecule has 0 bridgehead atoms. The number of carboxylic acid groups (broad SMARTS) is 1. The maximum absolute atomic E-state index is 13.0. The number of nitrogens with zero attached hydrogens (tertiary/aromatic N) is 3. The molecule has 206 valence electrons. The monoisotopic (exact) mass is 557 g/mol. The van der Waals surface area contributed by atoms with Crippen LogP contribution in [0.15, 0.2) is 76.6 Å². The largest absolute Gasteiger partial charge is 0.493 e. The maximum Gasteiger partial charge on any atom is 0.335 e. The normalized spacial score (nSPS) is 17.5. The summed E-state index contributed by atoms with van der Waals surface area (Å²) in [6.45, 7) is 2.44. The number of amidine groups is 1. The van der Waals surface area contributed by atoms with Crippen molar-refractivity contribution in [3.63, 3.8) is 0 Å². The Hall–Kier alpha value is -4.24. The first-order valence-corrected chi connectivity index (χ1v) is 14.0. The summed E-state index contributed by atoms with van der Waals surface area (Å²) in [6.07, 6.45) is 5.58. The standard InChI is InChI=1S/C31H31N3O5S/c1-33-29(35)28(40-31(33)32-24-11-13-25(14-12-24)34-16-4-3-5-17-34)19-22-8-15-26(27(18-22)38-2)39-20-21-6-9-23(10-7-21)30(36)37/h6-15,18-19H,3-5,16-17,20H2,1-2H3,(H,36,37)/b28-19-,32-31?. The number of methoxy groups -OCH3 is 1. The molecule has 0 spiro atoms. The van der Waals surface area contributed by atoms with Gasteiger partial charge in [-0.25, -0.2) is 9.79 Å². The number of carbonyl (C=O) groups excluding carboxylic acids is 1. The van der Waals surface area contributed by atoms with E-state index in [0.717, 1.165) is 29.9 Å². The second-order valence-corrected chi connectivity index (χ2v) is 10.6. The van der Waals surface area contributed by atoms with E-state index in [4.69, 9.17) is 19.6 Å². The molecule has 3 aromatic rings. The van der Waals surface area contributed by atoms with E-state index in [1.165, 1.54) is 36.7 Å². The fourth-order valence-corrected chi connectivity index (χ4v) is 5.59. The predicted molar refractivity (Wildman–Crippen MR) is 159 cm³/mol. The Bertz CT molecular complexity index is 1440. The molecule has 5 rings (SSSR count). The Labute approximate surface area is 237 Å². The van der Waals surface area contributed by atoms with Crippen molar-refractivity contribution in [1.29, 1.82) is 0 Å². The number of aliphatic imine (C=N–C) groups is 1. The Morgan fingerprint density at radius 2 is 1.73 bits per heavy atom. The lowest BCUT2D eigenvalue weighted by Crippen LogP contribution is -2.29. The van der Waals surface area contributed by atoms with E-state index in [-0.39, 0.29) is 18.1 Å². The molecule has 0 aliphatic carbocycles. The molecule has 0 saturated carbocycles. The molecule has 2 heterocycles. The molecule has 2 fully saturated rings. The van der Waals surface area contributed by atoms with Crippen molar-refractivity contribution < 1.29 is 24.2 Å². The van der Waals surface area contributed by atoms with Crippen LogP contribution in [0.5, 0.6) is 11.5 Å². The molecule has 1 amide bonds. The van der Waals surface area contributed by atoms with Crippen LogP contribution in [0.25, 0.3) is 6.08 Å². The third-order valence-corrected chi connectivity index (χ3v) is 7.94. The highest BCUT2D eigenvalue weighted by Crippen LogP contribution is 2.35. The minimum absolute atomic E-state index is 0.113. The van der Waals surface area contributed by atoms with Crippen molar-refractivity contribution in [2.75, 3.05) is 32.1 Å². The Balaban J connectivity index is 1.26. The molecular formula is C31H31N3O5S. The van der Waals surface area contributed by atoms with Crippen LogP contribution in [0.2, 0.25) is 0 Å². The quantitative estimate of drug-likeness (QED) is 0.330. The summed E-state index contributed by atoms with van der Waals surface area (Å²) in [5.74, 6) is -0.00487. The third-order valence-electron chi connectivity index (χ3n) is 6.88. The number of carboxylic acids is 1. The van der Waals surface area contributed by atoms with Gasteiger partial charge in [0.2, 0.25) is 0 Å². The van der Waals surface area contributed by atoms with E-state index in [1.54, 1.807) is 49.4 Å². The lowest BCUT2D eigenvalue weighted by atomic mass is 10.1. The van der Waals surface area contributed by atoms with Gasteiger partial charge in [0.25, 0.3) is 5.91 Å². The van der Waals surface area contributed by atoms with Gasteiger partial charge in [-0.2, -0.15) is 0 Å². The molecule has 1 N–H and O–H groups in total. The number of piperidine rings is 1. The smallest absolute Gasteiger partial charge is 0.335 e. The second-order valence-electron chi connectivity index (χ2n) is 9.63. The third kappa shape index (κ3) is 6.31. The molecule has 3 aromatic carbocycles. The highest BCUT2D eigenvalue weighted by molar-refractivity contribution is 8.18. The van der Waals surface area contributed by atoms with Crippen LogP contribution in [0, 0.1) is 0 Å². The van der Waals surface area contributed by atoms with Crippen molar-refractivity contribution in [3.05, 3.63) is 88.3 Å². The number of aromatic carboxylic acids is 1. The number of likely N-dealkylation sites (N-methyl/N-ethyl adjacent to an activating group) is 1. The van der Waals surface area contributed by atoms with E-state index in [9.17, 15) is 9.59 Å². The Morgan fingerprint density at radius 1 is 1.00 bits per heavy atom. The first kappa shape index (κ1) is 27.3. The lowest BCUT2D eigenvalue weighted by Gasteiger charge is -2.28. The number of hydrogen-bond acceptors (Lipinski definition) is 7. The molecule has 0 radical (unpaired) electrons. The Kier molecular flexibility index (Phi) is 8.40. The van der Waals surface area contributed by atoms with E-state index < -0.39 is 5.97 Å². The van der Waals surface area contributed by atoms with E-state index in [0.29, 0.717) is 21.6 Å². The van der Waals surface area contributed by atoms with Crippen molar-refractivity contribution in [2.24, 2.45) is 4.99 Å². The van der Waals surface area contributed by atoms with Crippen LogP contribution in [0.4, 0.5) is 11.4 Å². The van der Waals surface area contributed by atoms with Gasteiger partial charge in [-0.05, 0) is 96.8 Å². The average molecular weight is 558 g/mol. The topological polar surface area (TPSA) is 91.7 Å². The van der Waals surface area contributed by atoms with Gasteiger partial charge >= 0.3 is 5.97 Å². The van der Waals surface area contributed by atoms with Gasteiger partial charge in [0.05, 0.1) is 23.3 Å². The average Bonchev–Trinajstić information content (AvgIpc) is 3.24. The number of anilines is 1. The molecule has 0 aromatic heterocycles. The molecule has 8 nitrogen and oxygen atoms in total. The summed E-state index contributed by atoms with van der Waals surface area (Å²) in [7, 11) is 3.29. The van der Waals surface area contributed by atoms with Gasteiger partial charge in [0.1, 0.15) is 6.61 Å². The van der Waals surface area contributed by atoms with E-state index >= 15 is 0 Å². The number of benzene rings is 3. The van der Waals surface area contributed by atoms with Crippen LogP contribution in [-0.4, -0.2) is 54.3 Å². The van der Waals surface area contributed by atoms with Crippen LogP contribution in [0.3, 0.4) is 0 Å². The van der Waals surface area contributed by atoms with Crippen molar-refractivity contribution in [1.82, 2.24) is 4.90 Å². The van der Waals surface area contributed by atoms with Gasteiger partial charge in [0.15, 0.2) is 16.7 Å². The summed E-state index contributed by atoms with van der Waals surface area (Å²) in [5, 5.41) is 9.68. The molecule has 2 aliphatic heterocycles.